The molecule has 5 atom stereocenters. The monoisotopic (exact) mass is 398 g/mol. The number of amides is 2. The van der Waals surface area contributed by atoms with Crippen molar-refractivity contribution in [3.8, 4) is 0 Å². The molecule has 0 radical (unpaired) electrons. The van der Waals surface area contributed by atoms with Gasteiger partial charge in [-0.1, -0.05) is 39.8 Å². The van der Waals surface area contributed by atoms with Gasteiger partial charge in [-0.15, -0.1) is 0 Å². The number of hydrogen-bond donors (Lipinski definition) is 2. The molecule has 5 nitrogen and oxygen atoms in total. The highest BCUT2D eigenvalue weighted by molar-refractivity contribution is 5.88. The van der Waals surface area contributed by atoms with Gasteiger partial charge >= 0.3 is 0 Å². The fourth-order valence-electron chi connectivity index (χ4n) is 6.39. The molecule has 1 aromatic rings. The third kappa shape index (κ3) is 3.27. The first-order valence-electron chi connectivity index (χ1n) is 10.9. The van der Waals surface area contributed by atoms with E-state index in [-0.39, 0.29) is 40.7 Å². The van der Waals surface area contributed by atoms with Crippen molar-refractivity contribution in [1.82, 2.24) is 5.32 Å². The summed E-state index contributed by atoms with van der Waals surface area (Å²) in [4.78, 5) is 23.9. The SMILES string of the molecule is CC(=O)Nc1ccc([C@H]2OCC[C@@]34C[C@@H](C[C@H]23)C(C)(C)[C@H]4NC(=O)C(C)C)cc1. The lowest BCUT2D eigenvalue weighted by Crippen LogP contribution is -2.59. The van der Waals surface area contributed by atoms with Crippen molar-refractivity contribution in [2.75, 3.05) is 11.9 Å². The summed E-state index contributed by atoms with van der Waals surface area (Å²) in [5, 5.41) is 6.28. The fourth-order valence-corrected chi connectivity index (χ4v) is 6.39. The number of nitrogens with one attached hydrogen (secondary N) is 2. The number of fused-ring (bicyclic) bond motifs is 1. The number of hydrogen-bond acceptors (Lipinski definition) is 3. The topological polar surface area (TPSA) is 67.4 Å². The van der Waals surface area contributed by atoms with Gasteiger partial charge in [-0.25, -0.2) is 0 Å². The van der Waals surface area contributed by atoms with E-state index >= 15 is 0 Å². The molecule has 2 aliphatic carbocycles. The second kappa shape index (κ2) is 7.12. The molecule has 4 rings (SSSR count). The van der Waals surface area contributed by atoms with Gasteiger partial charge in [0.1, 0.15) is 0 Å². The van der Waals surface area contributed by atoms with Gasteiger partial charge in [0.05, 0.1) is 6.10 Å². The van der Waals surface area contributed by atoms with Crippen LogP contribution in [0.25, 0.3) is 0 Å². The molecular formula is C24H34N2O3. The Morgan fingerprint density at radius 2 is 1.86 bits per heavy atom. The van der Waals surface area contributed by atoms with Crippen molar-refractivity contribution < 1.29 is 14.3 Å². The minimum atomic E-state index is -0.0651. The Labute approximate surface area is 174 Å². The summed E-state index contributed by atoms with van der Waals surface area (Å²) in [6, 6.07) is 8.26. The molecule has 1 heterocycles. The number of carbonyl (C=O) groups excluding carboxylic acids is 2. The Hall–Kier alpha value is -1.88. The van der Waals surface area contributed by atoms with E-state index in [1.807, 2.05) is 26.0 Å². The first-order valence-corrected chi connectivity index (χ1v) is 10.9. The van der Waals surface area contributed by atoms with Crippen molar-refractivity contribution in [1.29, 1.82) is 0 Å². The molecule has 3 fully saturated rings. The summed E-state index contributed by atoms with van der Waals surface area (Å²) in [5.74, 6) is 1.11. The minimum Gasteiger partial charge on any atom is -0.373 e. The van der Waals surface area contributed by atoms with Crippen molar-refractivity contribution in [2.24, 2.45) is 28.6 Å². The van der Waals surface area contributed by atoms with E-state index in [1.54, 1.807) is 0 Å². The first-order chi connectivity index (χ1) is 13.6. The molecule has 29 heavy (non-hydrogen) atoms. The smallest absolute Gasteiger partial charge is 0.222 e. The largest absolute Gasteiger partial charge is 0.373 e. The van der Waals surface area contributed by atoms with Gasteiger partial charge in [0, 0.05) is 31.2 Å². The maximum atomic E-state index is 12.6. The highest BCUT2D eigenvalue weighted by Gasteiger charge is 2.68. The van der Waals surface area contributed by atoms with Crippen LogP contribution in [0.5, 0.6) is 0 Å². The number of anilines is 1. The van der Waals surface area contributed by atoms with Crippen molar-refractivity contribution in [3.05, 3.63) is 29.8 Å². The van der Waals surface area contributed by atoms with E-state index in [1.165, 1.54) is 18.9 Å². The number of ether oxygens (including phenoxy) is 1. The highest BCUT2D eigenvalue weighted by Crippen LogP contribution is 2.70. The zero-order valence-electron chi connectivity index (χ0n) is 18.2. The molecule has 2 N–H and O–H groups in total. The predicted octanol–water partition coefficient (Wildman–Crippen LogP) is 4.30. The van der Waals surface area contributed by atoms with Crippen molar-refractivity contribution >= 4 is 17.5 Å². The van der Waals surface area contributed by atoms with Gasteiger partial charge in [0.15, 0.2) is 0 Å². The summed E-state index contributed by atoms with van der Waals surface area (Å²) in [6.45, 7) is 10.8. The van der Waals surface area contributed by atoms with Gasteiger partial charge in [-0.05, 0) is 59.6 Å². The van der Waals surface area contributed by atoms with Crippen LogP contribution < -0.4 is 10.6 Å². The molecule has 1 aliphatic heterocycles. The van der Waals surface area contributed by atoms with Gasteiger partial charge in [0.2, 0.25) is 11.8 Å². The number of benzene rings is 1. The van der Waals surface area contributed by atoms with E-state index in [0.717, 1.165) is 25.1 Å². The third-order valence-electron chi connectivity index (χ3n) is 7.88. The molecule has 2 saturated carbocycles. The van der Waals surface area contributed by atoms with Crippen LogP contribution in [0, 0.1) is 28.6 Å². The zero-order chi connectivity index (χ0) is 21.0. The average Bonchev–Trinajstić information content (AvgIpc) is 3.14. The molecular weight excluding hydrogens is 364 g/mol. The zero-order valence-corrected chi connectivity index (χ0v) is 18.2. The van der Waals surface area contributed by atoms with E-state index in [0.29, 0.717) is 11.8 Å². The summed E-state index contributed by atoms with van der Waals surface area (Å²) in [6.07, 6.45) is 3.40. The maximum Gasteiger partial charge on any atom is 0.222 e. The Morgan fingerprint density at radius 3 is 2.48 bits per heavy atom. The van der Waals surface area contributed by atoms with Crippen LogP contribution in [0.4, 0.5) is 5.69 Å². The normalized spacial score (nSPS) is 34.7. The molecule has 1 aromatic carbocycles. The Balaban J connectivity index is 1.62. The van der Waals surface area contributed by atoms with Crippen LogP contribution in [0.15, 0.2) is 24.3 Å². The fraction of sp³-hybridized carbons (Fsp3) is 0.667. The van der Waals surface area contributed by atoms with Gasteiger partial charge in [-0.2, -0.15) is 0 Å². The maximum absolute atomic E-state index is 12.6. The summed E-state index contributed by atoms with van der Waals surface area (Å²) >= 11 is 0. The molecule has 0 unspecified atom stereocenters. The van der Waals surface area contributed by atoms with Crippen LogP contribution in [0.1, 0.15) is 65.5 Å². The molecule has 3 aliphatic rings. The van der Waals surface area contributed by atoms with E-state index < -0.39 is 0 Å². The molecule has 1 saturated heterocycles. The van der Waals surface area contributed by atoms with Crippen LogP contribution >= 0.6 is 0 Å². The first kappa shape index (κ1) is 20.4. The minimum absolute atomic E-state index is 0.00302. The molecule has 158 valence electrons. The quantitative estimate of drug-likeness (QED) is 0.795. The van der Waals surface area contributed by atoms with Crippen LogP contribution in [-0.4, -0.2) is 24.5 Å². The molecule has 0 aromatic heterocycles. The number of carbonyl (C=O) groups is 2. The van der Waals surface area contributed by atoms with E-state index in [9.17, 15) is 9.59 Å². The van der Waals surface area contributed by atoms with Crippen molar-refractivity contribution in [2.45, 2.75) is 66.0 Å². The van der Waals surface area contributed by atoms with E-state index in [4.69, 9.17) is 4.74 Å². The van der Waals surface area contributed by atoms with Crippen molar-refractivity contribution in [3.63, 3.8) is 0 Å². The summed E-state index contributed by atoms with van der Waals surface area (Å²) < 4.78 is 6.32. The molecule has 1 spiro atoms. The number of rotatable bonds is 4. The van der Waals surface area contributed by atoms with Gasteiger partial charge in [-0.3, -0.25) is 9.59 Å². The van der Waals surface area contributed by atoms with E-state index in [2.05, 4.69) is 36.6 Å². The molecule has 2 bridgehead atoms. The lowest BCUT2D eigenvalue weighted by molar-refractivity contribution is -0.139. The Morgan fingerprint density at radius 1 is 1.17 bits per heavy atom. The third-order valence-corrected chi connectivity index (χ3v) is 7.88. The Kier molecular flexibility index (Phi) is 5.01. The van der Waals surface area contributed by atoms with Gasteiger partial charge < -0.3 is 15.4 Å². The lowest BCUT2D eigenvalue weighted by atomic mass is 9.58. The second-order valence-corrected chi connectivity index (χ2v) is 10.2. The van der Waals surface area contributed by atoms with Crippen LogP contribution in [0.3, 0.4) is 0 Å². The van der Waals surface area contributed by atoms with Crippen LogP contribution in [0.2, 0.25) is 0 Å². The molecule has 2 amide bonds. The van der Waals surface area contributed by atoms with Crippen LogP contribution in [-0.2, 0) is 14.3 Å². The standard InChI is InChI=1S/C24H34N2O3/c1-14(2)21(28)26-22-23(4,5)17-12-19-20(29-11-10-24(19,22)13-17)16-6-8-18(9-7-16)25-15(3)27/h6-9,14,17,19-20,22H,10-13H2,1-5H3,(H,25,27)(H,26,28)/t17-,19-,20-,22-,24-/m1/s1. The lowest BCUT2D eigenvalue weighted by Gasteiger charge is -2.53. The molecule has 5 heteroatoms. The summed E-state index contributed by atoms with van der Waals surface area (Å²) in [5.41, 5.74) is 2.20. The average molecular weight is 399 g/mol. The van der Waals surface area contributed by atoms with Gasteiger partial charge in [0.25, 0.3) is 0 Å². The predicted molar refractivity (Wildman–Crippen MR) is 113 cm³/mol. The highest BCUT2D eigenvalue weighted by atomic mass is 16.5. The Bertz CT molecular complexity index is 801. The summed E-state index contributed by atoms with van der Waals surface area (Å²) in [7, 11) is 0. The second-order valence-electron chi connectivity index (χ2n) is 10.2.